The summed E-state index contributed by atoms with van der Waals surface area (Å²) in [6.45, 7) is 1.80. The molecule has 0 aliphatic carbocycles. The number of rotatable bonds is 7. The minimum Gasteiger partial charge on any atom is -0.339 e. The average molecular weight is 419 g/mol. The summed E-state index contributed by atoms with van der Waals surface area (Å²) < 4.78 is 27.0. The van der Waals surface area contributed by atoms with Crippen LogP contribution in [0.5, 0.6) is 0 Å². The molecule has 0 bridgehead atoms. The van der Waals surface area contributed by atoms with E-state index in [1.54, 1.807) is 6.07 Å². The quantitative estimate of drug-likeness (QED) is 0.578. The predicted octanol–water partition coefficient (Wildman–Crippen LogP) is 3.29. The van der Waals surface area contributed by atoms with E-state index in [9.17, 15) is 13.2 Å². The minimum absolute atomic E-state index is 0.0217. The molecule has 3 aromatic rings. The smallest absolute Gasteiger partial charge is 0.252 e. The fourth-order valence-electron chi connectivity index (χ4n) is 3.18. The molecule has 30 heavy (non-hydrogen) atoms. The van der Waals surface area contributed by atoms with Crippen molar-refractivity contribution in [2.75, 3.05) is 6.54 Å². The van der Waals surface area contributed by atoms with Gasteiger partial charge in [0.15, 0.2) is 0 Å². The molecule has 0 radical (unpaired) electrons. The van der Waals surface area contributed by atoms with Gasteiger partial charge in [-0.25, -0.2) is 8.42 Å². The number of carbonyl (C=O) groups excluding carboxylic acids is 1. The number of nitrogens with one attached hydrogen (secondary N) is 2. The van der Waals surface area contributed by atoms with Crippen molar-refractivity contribution in [2.24, 2.45) is 0 Å². The molecule has 0 spiro atoms. The monoisotopic (exact) mass is 418 g/mol. The molecule has 3 aromatic carbocycles. The van der Waals surface area contributed by atoms with Crippen molar-refractivity contribution in [2.45, 2.75) is 17.4 Å². The Labute approximate surface area is 177 Å². The molecule has 6 heteroatoms. The van der Waals surface area contributed by atoms with Crippen LogP contribution >= 0.6 is 0 Å². The molecule has 0 saturated carbocycles. The highest BCUT2D eigenvalue weighted by molar-refractivity contribution is 7.89. The molecule has 2 N–H and O–H groups in total. The van der Waals surface area contributed by atoms with Crippen LogP contribution in [0.15, 0.2) is 89.8 Å². The van der Waals surface area contributed by atoms with Gasteiger partial charge in [0.05, 0.1) is 17.0 Å². The topological polar surface area (TPSA) is 75.3 Å². The highest BCUT2D eigenvalue weighted by Crippen LogP contribution is 2.29. The van der Waals surface area contributed by atoms with Crippen LogP contribution in [-0.4, -0.2) is 20.9 Å². The first-order valence-corrected chi connectivity index (χ1v) is 10.8. The number of sulfonamides is 1. The Kier molecular flexibility index (Phi) is 6.36. The largest absolute Gasteiger partial charge is 0.339 e. The van der Waals surface area contributed by atoms with E-state index in [0.717, 1.165) is 11.1 Å². The van der Waals surface area contributed by atoms with Crippen molar-refractivity contribution in [3.8, 4) is 12.3 Å². The average Bonchev–Trinajstić information content (AvgIpc) is 2.79. The maximum absolute atomic E-state index is 13.1. The minimum atomic E-state index is -3.80. The third kappa shape index (κ3) is 4.60. The fourth-order valence-corrected chi connectivity index (χ4v) is 4.16. The van der Waals surface area contributed by atoms with Gasteiger partial charge in [0.1, 0.15) is 0 Å². The molecule has 0 atom stereocenters. The molecule has 3 rings (SSSR count). The molecule has 0 aromatic heterocycles. The second kappa shape index (κ2) is 8.95. The van der Waals surface area contributed by atoms with Gasteiger partial charge >= 0.3 is 0 Å². The number of carbonyl (C=O) groups is 1. The first kappa shape index (κ1) is 21.3. The maximum Gasteiger partial charge on any atom is 0.252 e. The molecule has 0 fully saturated rings. The van der Waals surface area contributed by atoms with E-state index in [1.807, 2.05) is 67.6 Å². The van der Waals surface area contributed by atoms with Gasteiger partial charge in [-0.3, -0.25) is 4.79 Å². The number of amides is 1. The van der Waals surface area contributed by atoms with Crippen LogP contribution in [0.4, 0.5) is 0 Å². The number of terminal acetylenes is 1. The zero-order valence-corrected chi connectivity index (χ0v) is 17.3. The van der Waals surface area contributed by atoms with Crippen molar-refractivity contribution in [1.29, 1.82) is 0 Å². The third-order valence-electron chi connectivity index (χ3n) is 4.84. The molecular formula is C24H22N2O3S. The Balaban J connectivity index is 1.97. The van der Waals surface area contributed by atoms with E-state index >= 15 is 0 Å². The van der Waals surface area contributed by atoms with Crippen molar-refractivity contribution in [3.05, 3.63) is 102 Å². The van der Waals surface area contributed by atoms with Crippen molar-refractivity contribution < 1.29 is 13.2 Å². The van der Waals surface area contributed by atoms with Gasteiger partial charge in [-0.1, -0.05) is 72.7 Å². The van der Waals surface area contributed by atoms with E-state index in [4.69, 9.17) is 6.42 Å². The van der Waals surface area contributed by atoms with Crippen LogP contribution < -0.4 is 10.0 Å². The third-order valence-corrected chi connectivity index (χ3v) is 6.24. The first-order valence-electron chi connectivity index (χ1n) is 9.33. The van der Waals surface area contributed by atoms with Crippen LogP contribution in [-0.2, 0) is 15.6 Å². The van der Waals surface area contributed by atoms with E-state index in [1.165, 1.54) is 18.2 Å². The van der Waals surface area contributed by atoms with Crippen LogP contribution in [0, 0.1) is 12.3 Å². The number of hydrogen-bond acceptors (Lipinski definition) is 3. The Morgan fingerprint density at radius 3 is 2.03 bits per heavy atom. The predicted molar refractivity (Wildman–Crippen MR) is 117 cm³/mol. The molecule has 0 aliphatic heterocycles. The van der Waals surface area contributed by atoms with Crippen molar-refractivity contribution >= 4 is 15.9 Å². The highest BCUT2D eigenvalue weighted by atomic mass is 32.2. The van der Waals surface area contributed by atoms with Crippen molar-refractivity contribution in [1.82, 2.24) is 10.0 Å². The van der Waals surface area contributed by atoms with E-state index in [2.05, 4.69) is 16.0 Å². The lowest BCUT2D eigenvalue weighted by Crippen LogP contribution is -2.44. The Bertz CT molecular complexity index is 1130. The summed E-state index contributed by atoms with van der Waals surface area (Å²) in [7, 11) is -3.80. The summed E-state index contributed by atoms with van der Waals surface area (Å²) in [5.74, 6) is 1.84. The first-order chi connectivity index (χ1) is 14.4. The number of benzene rings is 3. The van der Waals surface area contributed by atoms with Crippen LogP contribution in [0.1, 0.15) is 28.4 Å². The van der Waals surface area contributed by atoms with Crippen LogP contribution in [0.25, 0.3) is 0 Å². The second-order valence-corrected chi connectivity index (χ2v) is 8.63. The standard InChI is InChI=1S/C24H22N2O3S/c1-3-17-25-30(28,29)22-16-10-11-19(18-22)23(27)26-24(2,20-12-6-4-7-13-20)21-14-8-5-9-15-21/h1,4-16,18,25H,17H2,2H3,(H,26,27). The lowest BCUT2D eigenvalue weighted by atomic mass is 9.84. The van der Waals surface area contributed by atoms with Gasteiger partial charge in [-0.05, 0) is 36.2 Å². The lowest BCUT2D eigenvalue weighted by Gasteiger charge is -2.32. The number of hydrogen-bond donors (Lipinski definition) is 2. The highest BCUT2D eigenvalue weighted by Gasteiger charge is 2.31. The molecule has 0 unspecified atom stereocenters. The molecule has 0 heterocycles. The van der Waals surface area contributed by atoms with Gasteiger partial charge < -0.3 is 5.32 Å². The zero-order chi connectivity index (χ0) is 21.6. The summed E-state index contributed by atoms with van der Waals surface area (Å²) in [6.07, 6.45) is 5.13. The van der Waals surface area contributed by atoms with Crippen molar-refractivity contribution in [3.63, 3.8) is 0 Å². The molecule has 152 valence electrons. The molecular weight excluding hydrogens is 396 g/mol. The van der Waals surface area contributed by atoms with Crippen LogP contribution in [0.2, 0.25) is 0 Å². The zero-order valence-electron chi connectivity index (χ0n) is 16.5. The molecule has 0 saturated heterocycles. The molecule has 1 amide bonds. The normalized spacial score (nSPS) is 11.5. The Morgan fingerprint density at radius 1 is 0.933 bits per heavy atom. The van der Waals surface area contributed by atoms with E-state index in [0.29, 0.717) is 0 Å². The van der Waals surface area contributed by atoms with Gasteiger partial charge in [-0.15, -0.1) is 6.42 Å². The summed E-state index contributed by atoms with van der Waals surface area (Å²) in [5.41, 5.74) is 1.24. The molecule has 5 nitrogen and oxygen atoms in total. The summed E-state index contributed by atoms with van der Waals surface area (Å²) in [5, 5.41) is 3.08. The van der Waals surface area contributed by atoms with Crippen LogP contribution in [0.3, 0.4) is 0 Å². The molecule has 0 aliphatic rings. The summed E-state index contributed by atoms with van der Waals surface area (Å²) in [6, 6.07) is 25.1. The van der Waals surface area contributed by atoms with Gasteiger partial charge in [-0.2, -0.15) is 4.72 Å². The summed E-state index contributed by atoms with van der Waals surface area (Å²) >= 11 is 0. The van der Waals surface area contributed by atoms with Gasteiger partial charge in [0.2, 0.25) is 10.0 Å². The maximum atomic E-state index is 13.1. The SMILES string of the molecule is C#CCNS(=O)(=O)c1cccc(C(=O)NC(C)(c2ccccc2)c2ccccc2)c1. The lowest BCUT2D eigenvalue weighted by molar-refractivity contribution is 0.0919. The Hall–Kier alpha value is -3.40. The summed E-state index contributed by atoms with van der Waals surface area (Å²) in [4.78, 5) is 13.1. The van der Waals surface area contributed by atoms with Gasteiger partial charge in [0, 0.05) is 5.56 Å². The second-order valence-electron chi connectivity index (χ2n) is 6.87. The van der Waals surface area contributed by atoms with Gasteiger partial charge in [0.25, 0.3) is 5.91 Å². The Morgan fingerprint density at radius 2 is 1.50 bits per heavy atom. The van der Waals surface area contributed by atoms with E-state index in [-0.39, 0.29) is 22.9 Å². The fraction of sp³-hybridized carbons (Fsp3) is 0.125. The van der Waals surface area contributed by atoms with E-state index < -0.39 is 15.6 Å².